The van der Waals surface area contributed by atoms with Crippen molar-refractivity contribution in [2.24, 2.45) is 0 Å². The van der Waals surface area contributed by atoms with E-state index in [4.69, 9.17) is 14.2 Å². The van der Waals surface area contributed by atoms with Crippen LogP contribution in [0.2, 0.25) is 0 Å². The minimum atomic E-state index is -0.683. The molecule has 1 aromatic rings. The van der Waals surface area contributed by atoms with Gasteiger partial charge in [0, 0.05) is 6.04 Å². The summed E-state index contributed by atoms with van der Waals surface area (Å²) in [5, 5.41) is 3.54. The lowest BCUT2D eigenvalue weighted by Crippen LogP contribution is -2.22. The van der Waals surface area contributed by atoms with Crippen molar-refractivity contribution in [2.75, 3.05) is 27.9 Å². The van der Waals surface area contributed by atoms with Crippen molar-refractivity contribution in [1.82, 2.24) is 5.32 Å². The molecule has 0 aliphatic rings. The predicted molar refractivity (Wildman–Crippen MR) is 106 cm³/mol. The normalized spacial score (nSPS) is 12.6. The summed E-state index contributed by atoms with van der Waals surface area (Å²) < 4.78 is 20.3. The maximum Gasteiger partial charge on any atom is 0.508 e. The third kappa shape index (κ3) is 7.74. The molecule has 0 aromatic heterocycles. The topological polar surface area (TPSA) is 66.0 Å². The maximum atomic E-state index is 11.2. The highest BCUT2D eigenvalue weighted by Gasteiger charge is 2.14. The number of rotatable bonds is 13. The standard InChI is InChI=1S/C21H31NO5/c1-6-10-18(16-12-13-19(24-3)20(15-16)25-4)22-14-9-8-11-17(7-2)27-21(23)26-5/h6-7,12-13,15,17-18,22H,1-2,8-11,14H2,3-5H3/t17?,18-/m0/s1. The second-order valence-corrected chi connectivity index (χ2v) is 5.99. The molecule has 1 N–H and O–H groups in total. The number of ether oxygens (including phenoxy) is 4. The van der Waals surface area contributed by atoms with Crippen LogP contribution in [0.5, 0.6) is 11.5 Å². The van der Waals surface area contributed by atoms with Crippen molar-refractivity contribution < 1.29 is 23.7 Å². The Morgan fingerprint density at radius 3 is 2.48 bits per heavy atom. The van der Waals surface area contributed by atoms with Crippen LogP contribution in [-0.4, -0.2) is 40.1 Å². The molecule has 1 aromatic carbocycles. The van der Waals surface area contributed by atoms with Gasteiger partial charge in [-0.1, -0.05) is 24.8 Å². The molecule has 0 aliphatic heterocycles. The van der Waals surface area contributed by atoms with E-state index in [1.165, 1.54) is 7.11 Å². The van der Waals surface area contributed by atoms with E-state index in [1.807, 2.05) is 24.3 Å². The number of carbonyl (C=O) groups is 1. The highest BCUT2D eigenvalue weighted by Crippen LogP contribution is 2.31. The van der Waals surface area contributed by atoms with Gasteiger partial charge >= 0.3 is 6.16 Å². The Balaban J connectivity index is 2.52. The summed E-state index contributed by atoms with van der Waals surface area (Å²) in [6.07, 6.45) is 5.85. The lowest BCUT2D eigenvalue weighted by atomic mass is 10.0. The molecule has 6 heteroatoms. The summed E-state index contributed by atoms with van der Waals surface area (Å²) in [6.45, 7) is 8.37. The van der Waals surface area contributed by atoms with Gasteiger partial charge in [-0.25, -0.2) is 4.79 Å². The molecule has 0 heterocycles. The average molecular weight is 377 g/mol. The fourth-order valence-corrected chi connectivity index (χ4v) is 2.72. The first-order chi connectivity index (χ1) is 13.1. The summed E-state index contributed by atoms with van der Waals surface area (Å²) in [4.78, 5) is 11.2. The Morgan fingerprint density at radius 1 is 1.15 bits per heavy atom. The second kappa shape index (κ2) is 12.8. The first-order valence-corrected chi connectivity index (χ1v) is 9.02. The molecule has 0 spiro atoms. The molecule has 0 saturated carbocycles. The third-order valence-corrected chi connectivity index (χ3v) is 4.20. The van der Waals surface area contributed by atoms with E-state index in [1.54, 1.807) is 20.3 Å². The van der Waals surface area contributed by atoms with Crippen LogP contribution in [0, 0.1) is 0 Å². The van der Waals surface area contributed by atoms with Crippen molar-refractivity contribution in [2.45, 2.75) is 37.8 Å². The molecule has 1 unspecified atom stereocenters. The molecule has 0 amide bonds. The molecular formula is C21H31NO5. The van der Waals surface area contributed by atoms with Gasteiger partial charge in [0.1, 0.15) is 6.10 Å². The zero-order chi connectivity index (χ0) is 20.1. The van der Waals surface area contributed by atoms with Gasteiger partial charge in [0.05, 0.1) is 21.3 Å². The van der Waals surface area contributed by atoms with Gasteiger partial charge < -0.3 is 24.3 Å². The van der Waals surface area contributed by atoms with Gasteiger partial charge in [0.2, 0.25) is 0 Å². The fraction of sp³-hybridized carbons (Fsp3) is 0.476. The number of benzene rings is 1. The molecule has 6 nitrogen and oxygen atoms in total. The molecular weight excluding hydrogens is 346 g/mol. The first-order valence-electron chi connectivity index (χ1n) is 9.02. The van der Waals surface area contributed by atoms with Crippen LogP contribution in [0.15, 0.2) is 43.5 Å². The summed E-state index contributed by atoms with van der Waals surface area (Å²) in [5.41, 5.74) is 1.12. The van der Waals surface area contributed by atoms with Crippen molar-refractivity contribution in [3.8, 4) is 11.5 Å². The van der Waals surface area contributed by atoms with Crippen LogP contribution in [0.3, 0.4) is 0 Å². The molecule has 1 rings (SSSR count). The molecule has 2 atom stereocenters. The summed E-state index contributed by atoms with van der Waals surface area (Å²) >= 11 is 0. The van der Waals surface area contributed by atoms with Gasteiger partial charge in [0.25, 0.3) is 0 Å². The number of unbranched alkanes of at least 4 members (excludes halogenated alkanes) is 1. The minimum absolute atomic E-state index is 0.142. The lowest BCUT2D eigenvalue weighted by molar-refractivity contribution is 0.0493. The zero-order valence-electron chi connectivity index (χ0n) is 16.5. The van der Waals surface area contributed by atoms with Crippen LogP contribution < -0.4 is 14.8 Å². The number of methoxy groups -OCH3 is 3. The smallest absolute Gasteiger partial charge is 0.493 e. The number of hydrogen-bond acceptors (Lipinski definition) is 6. The molecule has 150 valence electrons. The van der Waals surface area contributed by atoms with E-state index >= 15 is 0 Å². The average Bonchev–Trinajstić information content (AvgIpc) is 2.70. The van der Waals surface area contributed by atoms with E-state index < -0.39 is 6.16 Å². The molecule has 0 bridgehead atoms. The van der Waals surface area contributed by atoms with E-state index in [9.17, 15) is 4.79 Å². The molecule has 0 fully saturated rings. The van der Waals surface area contributed by atoms with Crippen LogP contribution >= 0.6 is 0 Å². The number of nitrogens with one attached hydrogen (secondary N) is 1. The summed E-state index contributed by atoms with van der Waals surface area (Å²) in [7, 11) is 4.54. The van der Waals surface area contributed by atoms with E-state index in [0.29, 0.717) is 17.9 Å². The van der Waals surface area contributed by atoms with E-state index in [2.05, 4.69) is 23.2 Å². The molecule has 27 heavy (non-hydrogen) atoms. The Hall–Kier alpha value is -2.47. The highest BCUT2D eigenvalue weighted by atomic mass is 16.7. The van der Waals surface area contributed by atoms with Crippen LogP contribution in [0.1, 0.15) is 37.3 Å². The van der Waals surface area contributed by atoms with Crippen LogP contribution in [0.4, 0.5) is 4.79 Å². The van der Waals surface area contributed by atoms with E-state index in [-0.39, 0.29) is 12.1 Å². The second-order valence-electron chi connectivity index (χ2n) is 5.99. The van der Waals surface area contributed by atoms with Crippen LogP contribution in [0.25, 0.3) is 0 Å². The van der Waals surface area contributed by atoms with Gasteiger partial charge in [-0.3, -0.25) is 0 Å². The number of hydrogen-bond donors (Lipinski definition) is 1. The first kappa shape index (κ1) is 22.6. The van der Waals surface area contributed by atoms with Gasteiger partial charge in [-0.15, -0.1) is 6.58 Å². The Bertz CT molecular complexity index is 602. The SMILES string of the molecule is C=CC[C@H](NCCCCC(C=C)OC(=O)OC)c1ccc(OC)c(OC)c1. The summed E-state index contributed by atoms with van der Waals surface area (Å²) in [5.74, 6) is 1.42. The van der Waals surface area contributed by atoms with Crippen molar-refractivity contribution in [3.05, 3.63) is 49.1 Å². The highest BCUT2D eigenvalue weighted by molar-refractivity contribution is 5.60. The Labute approximate surface area is 162 Å². The summed E-state index contributed by atoms with van der Waals surface area (Å²) in [6, 6.07) is 6.06. The zero-order valence-corrected chi connectivity index (χ0v) is 16.5. The predicted octanol–water partition coefficient (Wildman–Crippen LogP) is 4.42. The van der Waals surface area contributed by atoms with Gasteiger partial charge in [-0.05, 0) is 49.9 Å². The largest absolute Gasteiger partial charge is 0.508 e. The van der Waals surface area contributed by atoms with Crippen molar-refractivity contribution >= 4 is 6.16 Å². The van der Waals surface area contributed by atoms with Gasteiger partial charge in [0.15, 0.2) is 11.5 Å². The molecule has 0 saturated heterocycles. The van der Waals surface area contributed by atoms with Gasteiger partial charge in [-0.2, -0.15) is 0 Å². The van der Waals surface area contributed by atoms with Crippen LogP contribution in [-0.2, 0) is 9.47 Å². The molecule has 0 radical (unpaired) electrons. The lowest BCUT2D eigenvalue weighted by Gasteiger charge is -2.19. The quantitative estimate of drug-likeness (QED) is 0.312. The monoisotopic (exact) mass is 377 g/mol. The van der Waals surface area contributed by atoms with E-state index in [0.717, 1.165) is 31.4 Å². The Morgan fingerprint density at radius 2 is 1.89 bits per heavy atom. The molecule has 0 aliphatic carbocycles. The fourth-order valence-electron chi connectivity index (χ4n) is 2.72. The van der Waals surface area contributed by atoms with Crippen molar-refractivity contribution in [1.29, 1.82) is 0 Å². The number of carbonyl (C=O) groups excluding carboxylic acids is 1. The minimum Gasteiger partial charge on any atom is -0.493 e. The van der Waals surface area contributed by atoms with Crippen molar-refractivity contribution in [3.63, 3.8) is 0 Å². The Kier molecular flexibility index (Phi) is 10.7. The maximum absolute atomic E-state index is 11.2. The third-order valence-electron chi connectivity index (χ3n) is 4.20.